The van der Waals surface area contributed by atoms with Gasteiger partial charge >= 0.3 is 5.97 Å². The smallest absolute Gasteiger partial charge is 0.348 e. The first-order valence-corrected chi connectivity index (χ1v) is 12.7. The average molecular weight is 473 g/mol. The number of ether oxygens (including phenoxy) is 1. The normalized spacial score (nSPS) is 25.7. The number of aryl methyl sites for hydroxylation is 1. The SMILES string of the molecule is CCCOC(=O)c1ccc(CCC[C@@H]2[C@@H](/C=C/[C@@H](O)CCC[C@H](C)O)[C@H](O)C[C@H]2Cl)s1. The molecule has 7 heteroatoms. The molecule has 2 rings (SSSR count). The maximum Gasteiger partial charge on any atom is 0.348 e. The highest BCUT2D eigenvalue weighted by Gasteiger charge is 2.39. The Morgan fingerprint density at radius 3 is 2.81 bits per heavy atom. The summed E-state index contributed by atoms with van der Waals surface area (Å²) in [5.74, 6) is -0.154. The van der Waals surface area contributed by atoms with Crippen molar-refractivity contribution in [1.29, 1.82) is 0 Å². The number of hydrogen-bond acceptors (Lipinski definition) is 6. The van der Waals surface area contributed by atoms with Crippen molar-refractivity contribution in [3.63, 3.8) is 0 Å². The lowest BCUT2D eigenvalue weighted by Crippen LogP contribution is -2.19. The molecule has 1 aliphatic rings. The Bertz CT molecular complexity index is 689. The van der Waals surface area contributed by atoms with E-state index in [0.717, 1.165) is 37.0 Å². The zero-order valence-electron chi connectivity index (χ0n) is 18.6. The summed E-state index contributed by atoms with van der Waals surface area (Å²) in [6.07, 6.45) is 8.35. The van der Waals surface area contributed by atoms with Crippen LogP contribution in [0.5, 0.6) is 0 Å². The number of aliphatic hydroxyl groups excluding tert-OH is 3. The van der Waals surface area contributed by atoms with Crippen LogP contribution in [0, 0.1) is 11.8 Å². The van der Waals surface area contributed by atoms with Crippen molar-refractivity contribution in [2.75, 3.05) is 6.61 Å². The van der Waals surface area contributed by atoms with Crippen LogP contribution in [-0.2, 0) is 11.2 Å². The van der Waals surface area contributed by atoms with Gasteiger partial charge in [0.05, 0.1) is 24.9 Å². The van der Waals surface area contributed by atoms with E-state index in [2.05, 4.69) is 0 Å². The third-order valence-corrected chi connectivity index (χ3v) is 7.43. The minimum absolute atomic E-state index is 0.0585. The average Bonchev–Trinajstić information content (AvgIpc) is 3.29. The second-order valence-electron chi connectivity index (χ2n) is 8.59. The highest BCUT2D eigenvalue weighted by Crippen LogP contribution is 2.40. The topological polar surface area (TPSA) is 87.0 Å². The predicted molar refractivity (Wildman–Crippen MR) is 126 cm³/mol. The molecule has 0 radical (unpaired) electrons. The van der Waals surface area contributed by atoms with Gasteiger partial charge in [0.1, 0.15) is 4.88 Å². The molecule has 1 aliphatic carbocycles. The van der Waals surface area contributed by atoms with Gasteiger partial charge in [-0.2, -0.15) is 0 Å². The minimum Gasteiger partial charge on any atom is -0.462 e. The maximum atomic E-state index is 12.0. The first-order valence-electron chi connectivity index (χ1n) is 11.4. The van der Waals surface area contributed by atoms with Gasteiger partial charge in [-0.3, -0.25) is 0 Å². The first-order chi connectivity index (χ1) is 14.8. The van der Waals surface area contributed by atoms with Crippen LogP contribution < -0.4 is 0 Å². The van der Waals surface area contributed by atoms with Gasteiger partial charge in [-0.05, 0) is 76.3 Å². The van der Waals surface area contributed by atoms with Crippen molar-refractivity contribution >= 4 is 28.9 Å². The Morgan fingerprint density at radius 2 is 2.10 bits per heavy atom. The molecule has 5 nitrogen and oxygen atoms in total. The van der Waals surface area contributed by atoms with Crippen molar-refractivity contribution in [2.45, 2.75) is 88.9 Å². The van der Waals surface area contributed by atoms with Gasteiger partial charge < -0.3 is 20.1 Å². The van der Waals surface area contributed by atoms with E-state index >= 15 is 0 Å². The molecule has 1 aromatic heterocycles. The molecule has 1 saturated carbocycles. The molecular weight excluding hydrogens is 436 g/mol. The van der Waals surface area contributed by atoms with Crippen LogP contribution in [0.1, 0.15) is 73.3 Å². The molecular formula is C24H37ClO5S. The van der Waals surface area contributed by atoms with E-state index in [1.54, 1.807) is 13.0 Å². The fourth-order valence-electron chi connectivity index (χ4n) is 4.11. The van der Waals surface area contributed by atoms with Gasteiger partial charge in [-0.1, -0.05) is 19.1 Å². The molecule has 1 fully saturated rings. The molecule has 176 valence electrons. The van der Waals surface area contributed by atoms with E-state index in [1.807, 2.05) is 25.1 Å². The molecule has 31 heavy (non-hydrogen) atoms. The van der Waals surface area contributed by atoms with Gasteiger partial charge in [-0.25, -0.2) is 4.79 Å². The lowest BCUT2D eigenvalue weighted by Gasteiger charge is -2.21. The molecule has 0 unspecified atom stereocenters. The van der Waals surface area contributed by atoms with E-state index in [0.29, 0.717) is 30.7 Å². The standard InChI is InChI=1S/C24H37ClO5S/c1-3-14-30-24(29)23-13-11-18(31-23)8-5-9-19-20(22(28)15-21(19)25)12-10-17(27)7-4-6-16(2)26/h10-13,16-17,19-22,26-28H,3-9,14-15H2,1-2H3/b12-10+/t16-,17-,19+,20+,21+,22+/m0/s1. The molecule has 0 aromatic carbocycles. The third kappa shape index (κ3) is 8.85. The summed E-state index contributed by atoms with van der Waals surface area (Å²) in [6, 6.07) is 3.81. The van der Waals surface area contributed by atoms with Gasteiger partial charge in [0.25, 0.3) is 0 Å². The summed E-state index contributed by atoms with van der Waals surface area (Å²) in [5.41, 5.74) is 0. The molecule has 3 N–H and O–H groups in total. The zero-order valence-corrected chi connectivity index (χ0v) is 20.2. The number of rotatable bonds is 13. The summed E-state index contributed by atoms with van der Waals surface area (Å²) < 4.78 is 5.18. The van der Waals surface area contributed by atoms with Crippen molar-refractivity contribution in [2.24, 2.45) is 11.8 Å². The third-order valence-electron chi connectivity index (χ3n) is 5.81. The number of esters is 1. The summed E-state index contributed by atoms with van der Waals surface area (Å²) in [7, 11) is 0. The number of carbonyl (C=O) groups is 1. The summed E-state index contributed by atoms with van der Waals surface area (Å²) >= 11 is 8.01. The minimum atomic E-state index is -0.571. The highest BCUT2D eigenvalue weighted by atomic mass is 35.5. The number of thiophene rings is 1. The van der Waals surface area contributed by atoms with Crippen molar-refractivity contribution in [3.8, 4) is 0 Å². The number of aliphatic hydroxyl groups is 3. The second kappa shape index (κ2) is 13.6. The van der Waals surface area contributed by atoms with Crippen LogP contribution in [0.15, 0.2) is 24.3 Å². The van der Waals surface area contributed by atoms with Crippen LogP contribution in [0.3, 0.4) is 0 Å². The molecule has 0 saturated heterocycles. The van der Waals surface area contributed by atoms with Crippen LogP contribution in [0.4, 0.5) is 0 Å². The van der Waals surface area contributed by atoms with E-state index < -0.39 is 12.2 Å². The molecule has 1 heterocycles. The molecule has 0 spiro atoms. The highest BCUT2D eigenvalue weighted by molar-refractivity contribution is 7.13. The van der Waals surface area contributed by atoms with Crippen LogP contribution in [0.25, 0.3) is 0 Å². The molecule has 6 atom stereocenters. The van der Waals surface area contributed by atoms with E-state index in [9.17, 15) is 20.1 Å². The molecule has 0 aliphatic heterocycles. The van der Waals surface area contributed by atoms with Gasteiger partial charge in [0.2, 0.25) is 0 Å². The number of carbonyl (C=O) groups excluding carboxylic acids is 1. The largest absolute Gasteiger partial charge is 0.462 e. The van der Waals surface area contributed by atoms with Crippen LogP contribution in [0.2, 0.25) is 0 Å². The summed E-state index contributed by atoms with van der Waals surface area (Å²) in [6.45, 7) is 4.16. The van der Waals surface area contributed by atoms with Crippen LogP contribution >= 0.6 is 22.9 Å². The zero-order chi connectivity index (χ0) is 22.8. The molecule has 0 bridgehead atoms. The van der Waals surface area contributed by atoms with E-state index in [-0.39, 0.29) is 29.3 Å². The Kier molecular flexibility index (Phi) is 11.5. The Labute approximate surface area is 195 Å². The van der Waals surface area contributed by atoms with Gasteiger partial charge in [0.15, 0.2) is 0 Å². The predicted octanol–water partition coefficient (Wildman–Crippen LogP) is 4.71. The number of hydrogen-bond donors (Lipinski definition) is 3. The number of alkyl halides is 1. The summed E-state index contributed by atoms with van der Waals surface area (Å²) in [5, 5.41) is 29.9. The lowest BCUT2D eigenvalue weighted by molar-refractivity contribution is 0.0511. The van der Waals surface area contributed by atoms with Crippen molar-refractivity contribution in [1.82, 2.24) is 0 Å². The maximum absolute atomic E-state index is 12.0. The lowest BCUT2D eigenvalue weighted by atomic mass is 9.89. The fraction of sp³-hybridized carbons (Fsp3) is 0.708. The van der Waals surface area contributed by atoms with Crippen LogP contribution in [-0.4, -0.2) is 51.6 Å². The molecule has 0 amide bonds. The first kappa shape index (κ1) is 26.3. The monoisotopic (exact) mass is 472 g/mol. The van der Waals surface area contributed by atoms with Crippen molar-refractivity contribution < 1.29 is 24.9 Å². The Hall–Kier alpha value is -0.920. The fourth-order valence-corrected chi connectivity index (χ4v) is 5.53. The van der Waals surface area contributed by atoms with Gasteiger partial charge in [0, 0.05) is 16.2 Å². The quantitative estimate of drug-likeness (QED) is 0.220. The molecule has 1 aromatic rings. The van der Waals surface area contributed by atoms with Crippen molar-refractivity contribution in [3.05, 3.63) is 34.0 Å². The summed E-state index contributed by atoms with van der Waals surface area (Å²) in [4.78, 5) is 13.7. The van der Waals surface area contributed by atoms with E-state index in [4.69, 9.17) is 16.3 Å². The van der Waals surface area contributed by atoms with Gasteiger partial charge in [-0.15, -0.1) is 22.9 Å². The Balaban J connectivity index is 1.83. The number of halogens is 1. The Morgan fingerprint density at radius 1 is 1.32 bits per heavy atom. The van der Waals surface area contributed by atoms with E-state index in [1.165, 1.54) is 11.3 Å². The second-order valence-corrected chi connectivity index (χ2v) is 10.3.